The predicted octanol–water partition coefficient (Wildman–Crippen LogP) is 3.35. The van der Waals surface area contributed by atoms with E-state index in [1.54, 1.807) is 18.2 Å². The second-order valence-corrected chi connectivity index (χ2v) is 4.93. The molecule has 6 heteroatoms. The van der Waals surface area contributed by atoms with E-state index >= 15 is 0 Å². The minimum atomic E-state index is -4.21. The molecule has 0 bridgehead atoms. The monoisotopic (exact) mass is 262 g/mol. The van der Waals surface area contributed by atoms with Gasteiger partial charge in [0.15, 0.2) is 0 Å². The summed E-state index contributed by atoms with van der Waals surface area (Å²) in [6, 6.07) is 14.7. The van der Waals surface area contributed by atoms with E-state index in [2.05, 4.69) is 10.2 Å². The number of azo groups is 1. The van der Waals surface area contributed by atoms with E-state index in [4.69, 9.17) is 4.55 Å². The standard InChI is InChI=1S/C12H10N2O3S/c15-18(16,17)12-8-4-7-11(9-12)14-13-10-5-2-1-3-6-10/h1-9H,(H,15,16,17). The summed E-state index contributed by atoms with van der Waals surface area (Å²) in [5, 5.41) is 7.85. The van der Waals surface area contributed by atoms with Gasteiger partial charge >= 0.3 is 0 Å². The van der Waals surface area contributed by atoms with E-state index in [0.717, 1.165) is 0 Å². The molecule has 0 heterocycles. The second-order valence-electron chi connectivity index (χ2n) is 3.51. The van der Waals surface area contributed by atoms with E-state index in [1.165, 1.54) is 18.2 Å². The highest BCUT2D eigenvalue weighted by atomic mass is 32.2. The molecule has 0 amide bonds. The Labute approximate surface area is 105 Å². The van der Waals surface area contributed by atoms with Crippen molar-refractivity contribution in [3.05, 3.63) is 54.6 Å². The van der Waals surface area contributed by atoms with Gasteiger partial charge in [0, 0.05) is 0 Å². The topological polar surface area (TPSA) is 79.1 Å². The molecule has 0 saturated carbocycles. The first-order valence-electron chi connectivity index (χ1n) is 5.10. The molecule has 18 heavy (non-hydrogen) atoms. The van der Waals surface area contributed by atoms with Crippen LogP contribution < -0.4 is 0 Å². The smallest absolute Gasteiger partial charge is 0.282 e. The van der Waals surface area contributed by atoms with E-state index < -0.39 is 10.1 Å². The molecule has 92 valence electrons. The van der Waals surface area contributed by atoms with Crippen molar-refractivity contribution in [2.24, 2.45) is 10.2 Å². The molecule has 1 N–H and O–H groups in total. The Bertz CT molecular complexity index is 667. The van der Waals surface area contributed by atoms with Gasteiger partial charge in [-0.05, 0) is 30.3 Å². The van der Waals surface area contributed by atoms with Crippen LogP contribution in [0.15, 0.2) is 69.7 Å². The highest BCUT2D eigenvalue weighted by Crippen LogP contribution is 2.20. The Kier molecular flexibility index (Phi) is 3.50. The predicted molar refractivity (Wildman–Crippen MR) is 66.9 cm³/mol. The van der Waals surface area contributed by atoms with Gasteiger partial charge in [0.1, 0.15) is 0 Å². The summed E-state index contributed by atoms with van der Waals surface area (Å²) in [4.78, 5) is -0.202. The fraction of sp³-hybridized carbons (Fsp3) is 0. The van der Waals surface area contributed by atoms with Crippen LogP contribution in [0.2, 0.25) is 0 Å². The lowest BCUT2D eigenvalue weighted by Gasteiger charge is -1.97. The summed E-state index contributed by atoms with van der Waals surface area (Å²) in [6.07, 6.45) is 0. The highest BCUT2D eigenvalue weighted by molar-refractivity contribution is 7.85. The molecule has 0 fully saturated rings. The van der Waals surface area contributed by atoms with E-state index in [0.29, 0.717) is 11.4 Å². The third-order valence-corrected chi connectivity index (χ3v) is 3.00. The third kappa shape index (κ3) is 3.22. The molecular formula is C12H10N2O3S. The third-order valence-electron chi connectivity index (χ3n) is 2.15. The zero-order chi connectivity index (χ0) is 13.0. The van der Waals surface area contributed by atoms with Gasteiger partial charge in [0.05, 0.1) is 16.3 Å². The van der Waals surface area contributed by atoms with Crippen molar-refractivity contribution < 1.29 is 13.0 Å². The first kappa shape index (κ1) is 12.4. The van der Waals surface area contributed by atoms with Crippen LogP contribution in [0.25, 0.3) is 0 Å². The molecule has 0 aromatic heterocycles. The molecule has 0 saturated heterocycles. The van der Waals surface area contributed by atoms with Crippen molar-refractivity contribution in [1.82, 2.24) is 0 Å². The second kappa shape index (κ2) is 5.07. The SMILES string of the molecule is O=S(=O)(O)c1cccc(N=Nc2ccccc2)c1. The number of rotatable bonds is 3. The Morgan fingerprint density at radius 2 is 1.44 bits per heavy atom. The van der Waals surface area contributed by atoms with Gasteiger partial charge in [-0.25, -0.2) is 0 Å². The number of hydrogen-bond donors (Lipinski definition) is 1. The molecule has 0 aliphatic heterocycles. The molecule has 2 aromatic rings. The van der Waals surface area contributed by atoms with E-state index in [9.17, 15) is 8.42 Å². The van der Waals surface area contributed by atoms with Crippen LogP contribution in [-0.4, -0.2) is 13.0 Å². The maximum Gasteiger partial charge on any atom is 0.294 e. The maximum atomic E-state index is 10.9. The summed E-state index contributed by atoms with van der Waals surface area (Å²) >= 11 is 0. The van der Waals surface area contributed by atoms with Gasteiger partial charge < -0.3 is 0 Å². The fourth-order valence-electron chi connectivity index (χ4n) is 1.32. The minimum absolute atomic E-state index is 0.202. The van der Waals surface area contributed by atoms with Crippen molar-refractivity contribution in [2.75, 3.05) is 0 Å². The normalized spacial score (nSPS) is 11.8. The Morgan fingerprint density at radius 3 is 2.11 bits per heavy atom. The van der Waals surface area contributed by atoms with Crippen molar-refractivity contribution in [3.8, 4) is 0 Å². The van der Waals surface area contributed by atoms with Crippen LogP contribution in [0.1, 0.15) is 0 Å². The van der Waals surface area contributed by atoms with Crippen LogP contribution in [0.4, 0.5) is 11.4 Å². The average molecular weight is 262 g/mol. The van der Waals surface area contributed by atoms with Crippen LogP contribution in [0.5, 0.6) is 0 Å². The van der Waals surface area contributed by atoms with Crippen LogP contribution in [0.3, 0.4) is 0 Å². The lowest BCUT2D eigenvalue weighted by Crippen LogP contribution is -1.96. The van der Waals surface area contributed by atoms with Crippen LogP contribution in [-0.2, 0) is 10.1 Å². The molecule has 0 radical (unpaired) electrons. The summed E-state index contributed by atoms with van der Waals surface area (Å²) < 4.78 is 30.8. The Morgan fingerprint density at radius 1 is 0.833 bits per heavy atom. The molecule has 5 nitrogen and oxygen atoms in total. The number of benzene rings is 2. The fourth-order valence-corrected chi connectivity index (χ4v) is 1.84. The molecule has 0 unspecified atom stereocenters. The molecule has 0 spiro atoms. The van der Waals surface area contributed by atoms with Crippen LogP contribution in [0, 0.1) is 0 Å². The van der Waals surface area contributed by atoms with Gasteiger partial charge in [-0.1, -0.05) is 24.3 Å². The minimum Gasteiger partial charge on any atom is -0.282 e. The zero-order valence-electron chi connectivity index (χ0n) is 9.26. The summed E-state index contributed by atoms with van der Waals surface area (Å²) in [7, 11) is -4.21. The van der Waals surface area contributed by atoms with Gasteiger partial charge in [-0.15, -0.1) is 0 Å². The lowest BCUT2D eigenvalue weighted by atomic mass is 10.3. The number of nitrogens with zero attached hydrogens (tertiary/aromatic N) is 2. The first-order chi connectivity index (χ1) is 8.55. The molecule has 0 aliphatic carbocycles. The molecule has 2 rings (SSSR count). The lowest BCUT2D eigenvalue weighted by molar-refractivity contribution is 0.483. The first-order valence-corrected chi connectivity index (χ1v) is 6.54. The summed E-state index contributed by atoms with van der Waals surface area (Å²) in [5.74, 6) is 0. The summed E-state index contributed by atoms with van der Waals surface area (Å²) in [6.45, 7) is 0. The maximum absolute atomic E-state index is 10.9. The largest absolute Gasteiger partial charge is 0.294 e. The Balaban J connectivity index is 2.28. The van der Waals surface area contributed by atoms with Gasteiger partial charge in [-0.2, -0.15) is 18.6 Å². The zero-order valence-corrected chi connectivity index (χ0v) is 10.1. The Hall–Kier alpha value is -2.05. The summed E-state index contributed by atoms with van der Waals surface area (Å²) in [5.41, 5.74) is 1.02. The molecular weight excluding hydrogens is 252 g/mol. The van der Waals surface area contributed by atoms with Crippen molar-refractivity contribution in [1.29, 1.82) is 0 Å². The van der Waals surface area contributed by atoms with E-state index in [1.807, 2.05) is 18.2 Å². The van der Waals surface area contributed by atoms with Crippen molar-refractivity contribution in [3.63, 3.8) is 0 Å². The molecule has 0 aliphatic rings. The average Bonchev–Trinajstić information content (AvgIpc) is 2.37. The molecule has 2 aromatic carbocycles. The van der Waals surface area contributed by atoms with Gasteiger partial charge in [-0.3, -0.25) is 4.55 Å². The number of hydrogen-bond acceptors (Lipinski definition) is 4. The highest BCUT2D eigenvalue weighted by Gasteiger charge is 2.08. The van der Waals surface area contributed by atoms with Crippen LogP contribution >= 0.6 is 0 Å². The van der Waals surface area contributed by atoms with E-state index in [-0.39, 0.29) is 4.90 Å². The van der Waals surface area contributed by atoms with Gasteiger partial charge in [0.2, 0.25) is 0 Å². The van der Waals surface area contributed by atoms with Gasteiger partial charge in [0.25, 0.3) is 10.1 Å². The van der Waals surface area contributed by atoms with Crippen molar-refractivity contribution in [2.45, 2.75) is 4.90 Å². The van der Waals surface area contributed by atoms with Crippen molar-refractivity contribution >= 4 is 21.5 Å². The molecule has 0 atom stereocenters. The quantitative estimate of drug-likeness (QED) is 0.680.